The van der Waals surface area contributed by atoms with Gasteiger partial charge in [-0.15, -0.1) is 10.2 Å². The predicted octanol–water partition coefficient (Wildman–Crippen LogP) is 4.70. The summed E-state index contributed by atoms with van der Waals surface area (Å²) in [5.41, 5.74) is 1.54. The molecule has 0 N–H and O–H groups in total. The Morgan fingerprint density at radius 1 is 1.00 bits per heavy atom. The van der Waals surface area contributed by atoms with Gasteiger partial charge >= 0.3 is 0 Å². The lowest BCUT2D eigenvalue weighted by molar-refractivity contribution is 0.394. The third kappa shape index (κ3) is 3.69. The first-order chi connectivity index (χ1) is 12.0. The standard InChI is InChI=1S/C18H17ClN2O4/c1-10-5-15(11(2)24-10)17-20-21-18(25-17)16(19)8-12-6-13(22-3)9-14(7-12)23-4/h5-9H,1-4H3/b16-8-. The minimum atomic E-state index is 0.219. The minimum absolute atomic E-state index is 0.219. The van der Waals surface area contributed by atoms with Gasteiger partial charge in [0, 0.05) is 6.07 Å². The van der Waals surface area contributed by atoms with Crippen LogP contribution in [0.3, 0.4) is 0 Å². The van der Waals surface area contributed by atoms with Crippen molar-refractivity contribution in [3.63, 3.8) is 0 Å². The van der Waals surface area contributed by atoms with E-state index in [0.717, 1.165) is 16.9 Å². The van der Waals surface area contributed by atoms with Gasteiger partial charge in [0.1, 0.15) is 28.1 Å². The quantitative estimate of drug-likeness (QED) is 0.656. The highest BCUT2D eigenvalue weighted by Gasteiger charge is 2.16. The van der Waals surface area contributed by atoms with E-state index in [1.165, 1.54) is 0 Å². The Morgan fingerprint density at radius 3 is 2.24 bits per heavy atom. The summed E-state index contributed by atoms with van der Waals surface area (Å²) in [7, 11) is 3.17. The summed E-state index contributed by atoms with van der Waals surface area (Å²) >= 11 is 6.34. The monoisotopic (exact) mass is 360 g/mol. The number of hydrogen-bond acceptors (Lipinski definition) is 6. The number of halogens is 1. The molecule has 0 aliphatic rings. The van der Waals surface area contributed by atoms with Crippen molar-refractivity contribution in [2.75, 3.05) is 14.2 Å². The van der Waals surface area contributed by atoms with Gasteiger partial charge < -0.3 is 18.3 Å². The van der Waals surface area contributed by atoms with Gasteiger partial charge in [0.2, 0.25) is 0 Å². The fourth-order valence-electron chi connectivity index (χ4n) is 2.39. The molecule has 0 unspecified atom stereocenters. The Balaban J connectivity index is 1.92. The molecule has 0 bridgehead atoms. The molecule has 0 saturated heterocycles. The van der Waals surface area contributed by atoms with Crippen molar-refractivity contribution in [2.45, 2.75) is 13.8 Å². The van der Waals surface area contributed by atoms with Crippen molar-refractivity contribution >= 4 is 22.7 Å². The fraction of sp³-hybridized carbons (Fsp3) is 0.222. The first kappa shape index (κ1) is 17.1. The number of benzene rings is 1. The molecule has 25 heavy (non-hydrogen) atoms. The Hall–Kier alpha value is -2.73. The van der Waals surface area contributed by atoms with Gasteiger partial charge in [-0.3, -0.25) is 0 Å². The van der Waals surface area contributed by atoms with Crippen LogP contribution < -0.4 is 9.47 Å². The smallest absolute Gasteiger partial charge is 0.259 e. The average molecular weight is 361 g/mol. The number of rotatable bonds is 5. The molecule has 0 atom stereocenters. The van der Waals surface area contributed by atoms with Gasteiger partial charge in [0.25, 0.3) is 11.8 Å². The Bertz CT molecular complexity index is 905. The molecule has 0 spiro atoms. The zero-order valence-corrected chi connectivity index (χ0v) is 15.0. The number of hydrogen-bond donors (Lipinski definition) is 0. The molecule has 6 nitrogen and oxygen atoms in total. The van der Waals surface area contributed by atoms with E-state index < -0.39 is 0 Å². The van der Waals surface area contributed by atoms with Crippen LogP contribution in [-0.4, -0.2) is 24.4 Å². The predicted molar refractivity (Wildman–Crippen MR) is 94.7 cm³/mol. The molecule has 1 aromatic carbocycles. The van der Waals surface area contributed by atoms with E-state index in [4.69, 9.17) is 29.9 Å². The third-order valence-electron chi connectivity index (χ3n) is 3.57. The number of aromatic nitrogens is 2. The summed E-state index contributed by atoms with van der Waals surface area (Å²) in [4.78, 5) is 0. The topological polar surface area (TPSA) is 70.5 Å². The Labute approximate surface area is 150 Å². The summed E-state index contributed by atoms with van der Waals surface area (Å²) in [6.07, 6.45) is 1.71. The fourth-order valence-corrected chi connectivity index (χ4v) is 2.59. The summed E-state index contributed by atoms with van der Waals surface area (Å²) in [5, 5.41) is 8.35. The maximum Gasteiger partial charge on any atom is 0.259 e. The molecule has 130 valence electrons. The molecule has 0 fully saturated rings. The van der Waals surface area contributed by atoms with E-state index in [1.54, 1.807) is 26.4 Å². The van der Waals surface area contributed by atoms with Crippen LogP contribution in [0.5, 0.6) is 11.5 Å². The van der Waals surface area contributed by atoms with E-state index in [0.29, 0.717) is 28.2 Å². The van der Waals surface area contributed by atoms with Crippen LogP contribution in [0.25, 0.3) is 22.6 Å². The van der Waals surface area contributed by atoms with Gasteiger partial charge in [0.05, 0.1) is 19.8 Å². The van der Waals surface area contributed by atoms with Crippen LogP contribution in [0.15, 0.2) is 33.1 Å². The summed E-state index contributed by atoms with van der Waals surface area (Å²) in [5.74, 6) is 3.38. The van der Waals surface area contributed by atoms with E-state index in [2.05, 4.69) is 10.2 Å². The van der Waals surface area contributed by atoms with Crippen LogP contribution in [0.4, 0.5) is 0 Å². The largest absolute Gasteiger partial charge is 0.497 e. The normalized spacial score (nSPS) is 11.6. The third-order valence-corrected chi connectivity index (χ3v) is 3.84. The molecule has 2 aromatic heterocycles. The van der Waals surface area contributed by atoms with Crippen molar-refractivity contribution in [2.24, 2.45) is 0 Å². The van der Waals surface area contributed by atoms with Gasteiger partial charge in [-0.25, -0.2) is 0 Å². The minimum Gasteiger partial charge on any atom is -0.497 e. The van der Waals surface area contributed by atoms with Crippen LogP contribution in [0, 0.1) is 13.8 Å². The van der Waals surface area contributed by atoms with Crippen molar-refractivity contribution in [3.8, 4) is 23.0 Å². The van der Waals surface area contributed by atoms with Crippen LogP contribution in [0.1, 0.15) is 23.0 Å². The molecule has 0 aliphatic carbocycles. The second kappa shape index (κ2) is 7.03. The number of nitrogens with zero attached hydrogens (tertiary/aromatic N) is 2. The lowest BCUT2D eigenvalue weighted by Gasteiger charge is -2.06. The first-order valence-electron chi connectivity index (χ1n) is 7.51. The van der Waals surface area contributed by atoms with Gasteiger partial charge in [0.15, 0.2) is 0 Å². The lowest BCUT2D eigenvalue weighted by atomic mass is 10.2. The Kier molecular flexibility index (Phi) is 4.81. The van der Waals surface area contributed by atoms with E-state index in [-0.39, 0.29) is 5.89 Å². The van der Waals surface area contributed by atoms with Gasteiger partial charge in [-0.05, 0) is 43.7 Å². The molecular formula is C18H17ClN2O4. The molecule has 3 rings (SSSR count). The van der Waals surface area contributed by atoms with Gasteiger partial charge in [-0.1, -0.05) is 11.6 Å². The zero-order valence-electron chi connectivity index (χ0n) is 14.3. The molecule has 0 saturated carbocycles. The number of furan rings is 1. The summed E-state index contributed by atoms with van der Waals surface area (Å²) < 4.78 is 21.6. The highest BCUT2D eigenvalue weighted by atomic mass is 35.5. The maximum atomic E-state index is 6.34. The van der Waals surface area contributed by atoms with E-state index in [1.807, 2.05) is 32.0 Å². The number of ether oxygens (including phenoxy) is 2. The SMILES string of the molecule is COc1cc(/C=C(\Cl)c2nnc(-c3cc(C)oc3C)o2)cc(OC)c1. The van der Waals surface area contributed by atoms with E-state index >= 15 is 0 Å². The zero-order chi connectivity index (χ0) is 18.0. The molecule has 3 aromatic rings. The van der Waals surface area contributed by atoms with Crippen molar-refractivity contribution in [3.05, 3.63) is 47.2 Å². The molecule has 2 heterocycles. The van der Waals surface area contributed by atoms with Gasteiger partial charge in [-0.2, -0.15) is 0 Å². The number of methoxy groups -OCH3 is 2. The maximum absolute atomic E-state index is 6.34. The van der Waals surface area contributed by atoms with Crippen LogP contribution >= 0.6 is 11.6 Å². The second-order valence-corrected chi connectivity index (χ2v) is 5.78. The summed E-state index contributed by atoms with van der Waals surface area (Å²) in [6.45, 7) is 3.70. The first-order valence-corrected chi connectivity index (χ1v) is 7.89. The molecule has 7 heteroatoms. The van der Waals surface area contributed by atoms with Crippen molar-refractivity contribution in [1.82, 2.24) is 10.2 Å². The molecule has 0 aliphatic heterocycles. The second-order valence-electron chi connectivity index (χ2n) is 5.38. The number of aryl methyl sites for hydroxylation is 2. The molecule has 0 amide bonds. The molecular weight excluding hydrogens is 344 g/mol. The van der Waals surface area contributed by atoms with Crippen molar-refractivity contribution < 1.29 is 18.3 Å². The highest BCUT2D eigenvalue weighted by Crippen LogP contribution is 2.30. The average Bonchev–Trinajstić information content (AvgIpc) is 3.20. The highest BCUT2D eigenvalue weighted by molar-refractivity contribution is 6.50. The summed E-state index contributed by atoms with van der Waals surface area (Å²) in [6, 6.07) is 7.27. The van der Waals surface area contributed by atoms with Crippen LogP contribution in [-0.2, 0) is 0 Å². The Morgan fingerprint density at radius 2 is 1.68 bits per heavy atom. The van der Waals surface area contributed by atoms with Crippen LogP contribution in [0.2, 0.25) is 0 Å². The lowest BCUT2D eigenvalue weighted by Crippen LogP contribution is -1.88. The van der Waals surface area contributed by atoms with Crippen molar-refractivity contribution in [1.29, 1.82) is 0 Å². The molecule has 0 radical (unpaired) electrons. The van der Waals surface area contributed by atoms with E-state index in [9.17, 15) is 0 Å².